The fraction of sp³-hybridized carbons (Fsp3) is 0.449. The number of carbonyl (C=O) groups is 8. The van der Waals surface area contributed by atoms with Crippen molar-refractivity contribution >= 4 is 70.5 Å². The summed E-state index contributed by atoms with van der Waals surface area (Å²) in [4.78, 5) is 117. The predicted octanol–water partition coefficient (Wildman–Crippen LogP) is 0.499. The first-order valence-corrected chi connectivity index (χ1v) is 33.0. The van der Waals surface area contributed by atoms with Gasteiger partial charge in [0.15, 0.2) is 18.4 Å². The number of carbonyl (C=O) groups excluding carboxylic acids is 7. The maximum atomic E-state index is 16.1. The van der Waals surface area contributed by atoms with Gasteiger partial charge in [0.2, 0.25) is 47.6 Å². The van der Waals surface area contributed by atoms with E-state index >= 15 is 14.4 Å². The Morgan fingerprint density at radius 3 is 1.88 bits per heavy atom. The summed E-state index contributed by atoms with van der Waals surface area (Å²) in [6.07, 6.45) is -18.4. The number of carboxylic acid groups (broad SMARTS) is 1. The summed E-state index contributed by atoms with van der Waals surface area (Å²) < 4.78 is 25.6. The van der Waals surface area contributed by atoms with Gasteiger partial charge < -0.3 is 125 Å². The number of rotatable bonds is 13. The molecule has 7 amide bonds. The molecule has 0 saturated carbocycles. The van der Waals surface area contributed by atoms with Crippen molar-refractivity contribution in [2.45, 2.75) is 176 Å². The summed E-state index contributed by atoms with van der Waals surface area (Å²) >= 11 is 14.4. The van der Waals surface area contributed by atoms with Gasteiger partial charge in [0.25, 0.3) is 0 Å². The zero-order valence-electron chi connectivity index (χ0n) is 56.1. The number of ether oxygens (including phenoxy) is 4. The molecule has 2 fully saturated rings. The summed E-state index contributed by atoms with van der Waals surface area (Å²) in [6.45, 7) is 5.83. The molecule has 6 unspecified atom stereocenters. The van der Waals surface area contributed by atoms with E-state index in [9.17, 15) is 75.0 Å². The number of aliphatic hydroxyl groups is 6. The molecule has 35 heteroatoms. The van der Waals surface area contributed by atoms with Gasteiger partial charge in [0.05, 0.1) is 31.3 Å². The smallest absolute Gasteiger partial charge is 0.330 e. The number of nitrogens with two attached hydrogens (primary N) is 2. The molecule has 5 aromatic carbocycles. The van der Waals surface area contributed by atoms with Crippen LogP contribution in [0.2, 0.25) is 10.0 Å². The monoisotopic (exact) mass is 1530 g/mol. The van der Waals surface area contributed by atoms with Crippen molar-refractivity contribution in [1.82, 2.24) is 43.4 Å². The number of aliphatic carboxylic acids is 1. The molecule has 563 valence electrons. The van der Waals surface area contributed by atoms with E-state index in [-0.39, 0.29) is 118 Å². The predicted molar refractivity (Wildman–Crippen MR) is 367 cm³/mol. The maximum absolute atomic E-state index is 16.1. The molecule has 32 nitrogen and oxygen atoms in total. The van der Waals surface area contributed by atoms with Crippen LogP contribution < -0.4 is 59.6 Å². The third-order valence-electron chi connectivity index (χ3n) is 18.6. The van der Waals surface area contributed by atoms with Gasteiger partial charge in [-0.1, -0.05) is 74.8 Å². The molecule has 0 aromatic heterocycles. The molecule has 1 radical (unpaired) electrons. The standard InChI is InChI=1S/C68H79Cl2N9O22.CH4.H3N.V/c1-25(2)12-40(73-5)60(90)78-51-53(85)30-8-6-27(38(69)18-30)13-33-15-32-16-34(57(33)101-67-58(56(88)55(87)44(24-80)99-67)100-46-23-68(4,72)59(89)26(3)98-46)14-28-7-9-31(19-39(28)70)54(86)52-65(95)77-50(66(96)97)37-20-35(81)21-43(83)47(37)36-17-29(10-11-42(36)82)48(62(92)79-52)76-63(93)49(32)75-61(91)41(22-45(71)84)74-64(51)94;;;/h6-11,15-21,25-26,40-41,44,46,48-56,58-59,67,73,80-83,85-89H,12-14,22-24,72H2,1-5H3,(H2,71,84)(H,74,94)(H,75,91)(H,76,93)(H,77,95)(H,78,90)(H,79,92)(H,96,97);1H4;1H3;/t26?,40-,41+,44?,46?,48-,49-,50+,51+,52-,53-,54-,55-,56+,58?,59?,67-,68?;;;/m1.../s1. The number of hydrogen-bond donors (Lipinski definition) is 20. The molecule has 7 aliphatic rings. The number of nitrogens with one attached hydrogen (secondary N) is 7. The molecule has 104 heavy (non-hydrogen) atoms. The summed E-state index contributed by atoms with van der Waals surface area (Å²) in [5, 5.41) is 132. The number of hydrogen-bond acceptors (Lipinski definition) is 24. The molecule has 5 aromatic rings. The van der Waals surface area contributed by atoms with Crippen LogP contribution in [0.3, 0.4) is 0 Å². The fourth-order valence-corrected chi connectivity index (χ4v) is 13.7. The van der Waals surface area contributed by atoms with Gasteiger partial charge in [-0.25, -0.2) is 4.79 Å². The van der Waals surface area contributed by atoms with Gasteiger partial charge in [0, 0.05) is 76.2 Å². The fourth-order valence-electron chi connectivity index (χ4n) is 13.2. The second-order valence-electron chi connectivity index (χ2n) is 26.5. The van der Waals surface area contributed by atoms with Crippen LogP contribution in [0.15, 0.2) is 78.9 Å². The largest absolute Gasteiger partial charge is 0.508 e. The molecule has 18 atom stereocenters. The molecule has 0 aliphatic carbocycles. The Morgan fingerprint density at radius 1 is 0.721 bits per heavy atom. The average molecular weight is 1530 g/mol. The van der Waals surface area contributed by atoms with Crippen LogP contribution in [0.5, 0.6) is 23.0 Å². The first kappa shape index (κ1) is 83.0. The minimum absolute atomic E-state index is 0. The van der Waals surface area contributed by atoms with Crippen molar-refractivity contribution in [3.8, 4) is 34.1 Å². The number of halogens is 2. The minimum Gasteiger partial charge on any atom is -0.508 e. The van der Waals surface area contributed by atoms with Gasteiger partial charge in [-0.05, 0) is 120 Å². The summed E-state index contributed by atoms with van der Waals surface area (Å²) in [5.74, 6) is -13.0. The van der Waals surface area contributed by atoms with Gasteiger partial charge in [0.1, 0.15) is 83.7 Å². The van der Waals surface area contributed by atoms with Gasteiger partial charge >= 0.3 is 5.97 Å². The van der Waals surface area contributed by atoms with Gasteiger partial charge in [-0.2, -0.15) is 0 Å². The number of aromatic hydroxyl groups is 3. The van der Waals surface area contributed by atoms with Crippen LogP contribution in [-0.4, -0.2) is 191 Å². The zero-order valence-corrected chi connectivity index (χ0v) is 59.0. The third-order valence-corrected chi connectivity index (χ3v) is 19.3. The third kappa shape index (κ3) is 17.6. The van der Waals surface area contributed by atoms with Crippen molar-refractivity contribution in [3.05, 3.63) is 139 Å². The Bertz CT molecular complexity index is 4080. The number of phenolic OH excluding ortho intramolecular Hbond substituents is 3. The minimum atomic E-state index is -2.24. The number of aliphatic hydroxyl groups excluding tert-OH is 6. The van der Waals surface area contributed by atoms with Crippen molar-refractivity contribution in [2.75, 3.05) is 13.7 Å². The number of primary amides is 1. The van der Waals surface area contributed by atoms with E-state index in [2.05, 4.69) is 37.2 Å². The van der Waals surface area contributed by atoms with E-state index < -0.39 is 210 Å². The van der Waals surface area contributed by atoms with Crippen molar-refractivity contribution in [3.63, 3.8) is 0 Å². The maximum Gasteiger partial charge on any atom is 0.330 e. The van der Waals surface area contributed by atoms with E-state index in [0.29, 0.717) is 0 Å². The second-order valence-corrected chi connectivity index (χ2v) is 27.3. The molecule has 2 saturated heterocycles. The number of likely N-dealkylation sites (N-methyl/N-ethyl adjacent to an activating group) is 1. The SMILES string of the molecule is C.CN[C@H](CC(C)C)C(=O)N[C@@H]1C(=O)N[C@@H](CC(N)=O)C(=O)N[C@H]2C(=O)N[C@H]3C(=O)N[C@@H](C(=O)N[C@H](C(=O)O)c4cc(O)cc(O)c4-c4cc3ccc4O)[C@H](O)c3ccc(c(Cl)c3)Cc3cc2cc(c3O[C@H]2OC(CO)[C@@H](O)[C@H](O)C2OC2CC(C)(N)C(O)C(C)O2)Cc2ccc(cc2Cl)[C@H]1O.N.[V]. The molecule has 7 heterocycles. The summed E-state index contributed by atoms with van der Waals surface area (Å²) in [5.41, 5.74) is 9.09. The molecule has 24 N–H and O–H groups in total. The molecule has 7 aliphatic heterocycles. The van der Waals surface area contributed by atoms with E-state index in [4.69, 9.17) is 53.6 Å². The second kappa shape index (κ2) is 33.9. The van der Waals surface area contributed by atoms with E-state index in [0.717, 1.165) is 30.3 Å². The number of phenols is 3. The van der Waals surface area contributed by atoms with Crippen LogP contribution in [0.25, 0.3) is 11.1 Å². The van der Waals surface area contributed by atoms with Crippen molar-refractivity contribution in [1.29, 1.82) is 0 Å². The molecule has 12 rings (SSSR count). The van der Waals surface area contributed by atoms with Gasteiger partial charge in [-0.3, -0.25) is 33.6 Å². The van der Waals surface area contributed by atoms with E-state index in [1.54, 1.807) is 0 Å². The summed E-state index contributed by atoms with van der Waals surface area (Å²) in [7, 11) is 1.49. The van der Waals surface area contributed by atoms with Crippen LogP contribution >= 0.6 is 23.2 Å². The Morgan fingerprint density at radius 2 is 1.31 bits per heavy atom. The van der Waals surface area contributed by atoms with E-state index in [1.165, 1.54) is 69.4 Å². The van der Waals surface area contributed by atoms with Gasteiger partial charge in [-0.15, -0.1) is 0 Å². The normalized spacial score (nSPS) is 28.7. The van der Waals surface area contributed by atoms with Crippen LogP contribution in [0.4, 0.5) is 0 Å². The van der Waals surface area contributed by atoms with Crippen molar-refractivity contribution in [2.24, 2.45) is 17.4 Å². The van der Waals surface area contributed by atoms with Crippen molar-refractivity contribution < 1.29 is 127 Å². The molecule has 11 bridgehead atoms. The number of carboxylic acids is 1. The topological polar surface area (TPSA) is 547 Å². The van der Waals surface area contributed by atoms with Crippen LogP contribution in [0, 0.1) is 5.92 Å². The first-order chi connectivity index (χ1) is 47.7. The Balaban J connectivity index is 0.00000504. The Hall–Kier alpha value is -8.26. The Labute approximate surface area is 618 Å². The van der Waals surface area contributed by atoms with E-state index in [1.807, 2.05) is 13.8 Å². The molecular formula is C69H86Cl2N10O22V. The first-order valence-electron chi connectivity index (χ1n) is 32.2. The molecular weight excluding hydrogens is 1440 g/mol. The van der Waals surface area contributed by atoms with Crippen LogP contribution in [0.1, 0.15) is 135 Å². The number of benzene rings is 5. The quantitative estimate of drug-likeness (QED) is 0.0763. The average Bonchev–Trinajstić information content (AvgIpc) is 0.770. The number of fused-ring (bicyclic) bond motifs is 15. The summed E-state index contributed by atoms with van der Waals surface area (Å²) in [6, 6.07) is 1.69. The molecule has 0 spiro atoms. The van der Waals surface area contributed by atoms with Crippen LogP contribution in [-0.2, 0) is 84.0 Å². The zero-order chi connectivity index (χ0) is 73.5. The number of amides is 7. The Kier molecular flexibility index (Phi) is 27.1.